The van der Waals surface area contributed by atoms with Crippen LogP contribution in [0.2, 0.25) is 0 Å². The first-order chi connectivity index (χ1) is 8.13. The van der Waals surface area contributed by atoms with E-state index in [0.717, 1.165) is 18.2 Å². The summed E-state index contributed by atoms with van der Waals surface area (Å²) in [4.78, 5) is 22.4. The van der Waals surface area contributed by atoms with Crippen molar-refractivity contribution in [3.63, 3.8) is 0 Å². The average molecular weight is 260 g/mol. The fourth-order valence-corrected chi connectivity index (χ4v) is 1.92. The molecule has 0 saturated heterocycles. The van der Waals surface area contributed by atoms with Crippen LogP contribution in [-0.4, -0.2) is 48.1 Å². The summed E-state index contributed by atoms with van der Waals surface area (Å²) in [6.45, 7) is 1.06. The molecule has 1 aliphatic carbocycles. The Kier molecular flexibility index (Phi) is 6.36. The number of thioether (sulfide) groups is 1. The molecule has 1 amide bonds. The number of amides is 1. The van der Waals surface area contributed by atoms with Crippen LogP contribution in [0.5, 0.6) is 0 Å². The predicted molar refractivity (Wildman–Crippen MR) is 68.2 cm³/mol. The van der Waals surface area contributed by atoms with Crippen molar-refractivity contribution in [2.75, 3.05) is 25.1 Å². The van der Waals surface area contributed by atoms with Gasteiger partial charge in [-0.1, -0.05) is 0 Å². The Morgan fingerprint density at radius 3 is 2.71 bits per heavy atom. The standard InChI is InChI=1S/C11H20N2O3S/c1-17-5-4-9(11(15)16)13-10(14)7-12-6-8-2-3-8/h8-9,12H,2-7H2,1H3,(H,13,14)(H,15,16)/t9-/m0/s1. The van der Waals surface area contributed by atoms with Crippen molar-refractivity contribution >= 4 is 23.6 Å². The van der Waals surface area contributed by atoms with Crippen molar-refractivity contribution in [1.82, 2.24) is 10.6 Å². The Morgan fingerprint density at radius 1 is 1.47 bits per heavy atom. The molecule has 0 aromatic heterocycles. The molecule has 5 nitrogen and oxygen atoms in total. The van der Waals surface area contributed by atoms with Crippen LogP contribution in [0.3, 0.4) is 0 Å². The molecule has 3 N–H and O–H groups in total. The molecule has 0 heterocycles. The molecule has 17 heavy (non-hydrogen) atoms. The van der Waals surface area contributed by atoms with Crippen molar-refractivity contribution in [3.8, 4) is 0 Å². The Labute approximate surface area is 106 Å². The van der Waals surface area contributed by atoms with Crippen LogP contribution in [0.25, 0.3) is 0 Å². The van der Waals surface area contributed by atoms with Gasteiger partial charge in [0.1, 0.15) is 6.04 Å². The first kappa shape index (κ1) is 14.3. The number of hydrogen-bond donors (Lipinski definition) is 3. The van der Waals surface area contributed by atoms with E-state index in [2.05, 4.69) is 10.6 Å². The van der Waals surface area contributed by atoms with Crippen molar-refractivity contribution < 1.29 is 14.7 Å². The number of aliphatic carboxylic acids is 1. The van der Waals surface area contributed by atoms with Crippen LogP contribution in [0.15, 0.2) is 0 Å². The normalized spacial score (nSPS) is 16.5. The smallest absolute Gasteiger partial charge is 0.326 e. The lowest BCUT2D eigenvalue weighted by Gasteiger charge is -2.14. The van der Waals surface area contributed by atoms with E-state index in [1.165, 1.54) is 12.8 Å². The zero-order valence-electron chi connectivity index (χ0n) is 10.1. The summed E-state index contributed by atoms with van der Waals surface area (Å²) in [5.41, 5.74) is 0. The number of hydrogen-bond acceptors (Lipinski definition) is 4. The van der Waals surface area contributed by atoms with Gasteiger partial charge in [-0.2, -0.15) is 11.8 Å². The number of nitrogens with one attached hydrogen (secondary N) is 2. The van der Waals surface area contributed by atoms with Crippen molar-refractivity contribution in [2.24, 2.45) is 5.92 Å². The molecule has 0 unspecified atom stereocenters. The van der Waals surface area contributed by atoms with E-state index in [4.69, 9.17) is 5.11 Å². The number of rotatable bonds is 9. The van der Waals surface area contributed by atoms with Crippen LogP contribution in [0.4, 0.5) is 0 Å². The molecule has 0 radical (unpaired) electrons. The maximum atomic E-state index is 11.5. The van der Waals surface area contributed by atoms with Gasteiger partial charge in [0.2, 0.25) is 5.91 Å². The highest BCUT2D eigenvalue weighted by Crippen LogP contribution is 2.27. The minimum Gasteiger partial charge on any atom is -0.480 e. The summed E-state index contributed by atoms with van der Waals surface area (Å²) in [6, 6.07) is -0.766. The number of carboxylic acid groups (broad SMARTS) is 1. The monoisotopic (exact) mass is 260 g/mol. The summed E-state index contributed by atoms with van der Waals surface area (Å²) in [5.74, 6) is 0.246. The van der Waals surface area contributed by atoms with Gasteiger partial charge in [-0.25, -0.2) is 4.79 Å². The molecule has 0 aromatic carbocycles. The van der Waals surface area contributed by atoms with Gasteiger partial charge in [-0.3, -0.25) is 4.79 Å². The molecule has 6 heteroatoms. The highest BCUT2D eigenvalue weighted by Gasteiger charge is 2.22. The molecule has 0 spiro atoms. The van der Waals surface area contributed by atoms with Crippen LogP contribution in [0, 0.1) is 5.92 Å². The Hall–Kier alpha value is -0.750. The van der Waals surface area contributed by atoms with Crippen molar-refractivity contribution in [2.45, 2.75) is 25.3 Å². The molecular weight excluding hydrogens is 240 g/mol. The topological polar surface area (TPSA) is 78.4 Å². The van der Waals surface area contributed by atoms with Crippen molar-refractivity contribution in [1.29, 1.82) is 0 Å². The minimum atomic E-state index is -0.963. The second-order valence-electron chi connectivity index (χ2n) is 4.31. The first-order valence-corrected chi connectivity index (χ1v) is 7.24. The predicted octanol–water partition coefficient (Wildman–Crippen LogP) is 0.309. The van der Waals surface area contributed by atoms with E-state index in [-0.39, 0.29) is 12.5 Å². The van der Waals surface area contributed by atoms with E-state index in [0.29, 0.717) is 6.42 Å². The molecule has 1 fully saturated rings. The lowest BCUT2D eigenvalue weighted by molar-refractivity contribution is -0.141. The number of carbonyl (C=O) groups excluding carboxylic acids is 1. The molecule has 1 aliphatic rings. The molecule has 0 bridgehead atoms. The Balaban J connectivity index is 2.16. The van der Waals surface area contributed by atoms with Gasteiger partial charge < -0.3 is 15.7 Å². The van der Waals surface area contributed by atoms with Gasteiger partial charge in [-0.15, -0.1) is 0 Å². The Morgan fingerprint density at radius 2 is 2.18 bits per heavy atom. The van der Waals surface area contributed by atoms with Gasteiger partial charge in [0.05, 0.1) is 6.54 Å². The van der Waals surface area contributed by atoms with E-state index >= 15 is 0 Å². The zero-order valence-corrected chi connectivity index (χ0v) is 10.9. The lowest BCUT2D eigenvalue weighted by Crippen LogP contribution is -2.45. The van der Waals surface area contributed by atoms with Crippen LogP contribution < -0.4 is 10.6 Å². The maximum absolute atomic E-state index is 11.5. The molecular formula is C11H20N2O3S. The zero-order chi connectivity index (χ0) is 12.7. The summed E-state index contributed by atoms with van der Waals surface area (Å²) >= 11 is 1.57. The number of carbonyl (C=O) groups is 2. The second kappa shape index (κ2) is 7.55. The third kappa shape index (κ3) is 6.53. The largest absolute Gasteiger partial charge is 0.480 e. The van der Waals surface area contributed by atoms with Gasteiger partial charge in [-0.05, 0) is 43.7 Å². The second-order valence-corrected chi connectivity index (χ2v) is 5.30. The van der Waals surface area contributed by atoms with Gasteiger partial charge in [0.25, 0.3) is 0 Å². The quantitative estimate of drug-likeness (QED) is 0.556. The highest BCUT2D eigenvalue weighted by molar-refractivity contribution is 7.98. The van der Waals surface area contributed by atoms with E-state index in [1.54, 1.807) is 11.8 Å². The summed E-state index contributed by atoms with van der Waals surface area (Å²) in [7, 11) is 0. The molecule has 0 aromatic rings. The summed E-state index contributed by atoms with van der Waals surface area (Å²) < 4.78 is 0. The average Bonchev–Trinajstić information content (AvgIpc) is 3.07. The summed E-state index contributed by atoms with van der Waals surface area (Å²) in [5, 5.41) is 14.5. The SMILES string of the molecule is CSCC[C@H](NC(=O)CNCC1CC1)C(=O)O. The molecule has 98 valence electrons. The lowest BCUT2D eigenvalue weighted by atomic mass is 10.2. The molecule has 0 aliphatic heterocycles. The Bertz CT molecular complexity index is 269. The fourth-order valence-electron chi connectivity index (χ4n) is 1.45. The highest BCUT2D eigenvalue weighted by atomic mass is 32.2. The van der Waals surface area contributed by atoms with E-state index in [9.17, 15) is 9.59 Å². The van der Waals surface area contributed by atoms with Gasteiger partial charge in [0, 0.05) is 0 Å². The van der Waals surface area contributed by atoms with Crippen molar-refractivity contribution in [3.05, 3.63) is 0 Å². The number of carboxylic acids is 1. The molecule has 1 saturated carbocycles. The fraction of sp³-hybridized carbons (Fsp3) is 0.818. The molecule has 1 rings (SSSR count). The first-order valence-electron chi connectivity index (χ1n) is 5.85. The van der Waals surface area contributed by atoms with Crippen LogP contribution in [-0.2, 0) is 9.59 Å². The van der Waals surface area contributed by atoms with E-state index in [1.807, 2.05) is 6.26 Å². The van der Waals surface area contributed by atoms with Crippen LogP contribution >= 0.6 is 11.8 Å². The third-order valence-corrected chi connectivity index (χ3v) is 3.30. The van der Waals surface area contributed by atoms with Gasteiger partial charge >= 0.3 is 5.97 Å². The maximum Gasteiger partial charge on any atom is 0.326 e. The van der Waals surface area contributed by atoms with E-state index < -0.39 is 12.0 Å². The van der Waals surface area contributed by atoms with Gasteiger partial charge in [0.15, 0.2) is 0 Å². The molecule has 1 atom stereocenters. The minimum absolute atomic E-state index is 0.208. The van der Waals surface area contributed by atoms with Crippen LogP contribution in [0.1, 0.15) is 19.3 Å². The summed E-state index contributed by atoms with van der Waals surface area (Å²) in [6.07, 6.45) is 4.85. The third-order valence-electron chi connectivity index (χ3n) is 2.66.